The number of hydrogen-bond acceptors (Lipinski definition) is 6. The molecule has 0 spiro atoms. The van der Waals surface area contributed by atoms with Crippen molar-refractivity contribution in [1.82, 2.24) is 9.88 Å². The average molecular weight is 506 g/mol. The van der Waals surface area contributed by atoms with E-state index in [0.29, 0.717) is 23.2 Å². The number of aromatic nitrogens is 1. The van der Waals surface area contributed by atoms with Gasteiger partial charge in [-0.3, -0.25) is 9.69 Å². The van der Waals surface area contributed by atoms with Crippen LogP contribution in [0.5, 0.6) is 0 Å². The molecule has 0 unspecified atom stereocenters. The minimum Gasteiger partial charge on any atom is -0.308 e. The van der Waals surface area contributed by atoms with Gasteiger partial charge in [0.1, 0.15) is 5.82 Å². The van der Waals surface area contributed by atoms with Gasteiger partial charge in [-0.05, 0) is 56.6 Å². The molecule has 0 bridgehead atoms. The van der Waals surface area contributed by atoms with Crippen LogP contribution in [0.1, 0.15) is 6.42 Å². The van der Waals surface area contributed by atoms with Gasteiger partial charge in [0.05, 0.1) is 20.9 Å². The third kappa shape index (κ3) is 6.60. The van der Waals surface area contributed by atoms with Gasteiger partial charge in [-0.2, -0.15) is 0 Å². The molecule has 1 amide bonds. The fraction of sp³-hybridized carbons (Fsp3) is 0.300. The second kappa shape index (κ2) is 10.7. The van der Waals surface area contributed by atoms with Crippen molar-refractivity contribution < 1.29 is 17.6 Å². The van der Waals surface area contributed by atoms with Crippen LogP contribution in [0.4, 0.5) is 9.52 Å². The van der Waals surface area contributed by atoms with Crippen LogP contribution >= 0.6 is 35.3 Å². The summed E-state index contributed by atoms with van der Waals surface area (Å²) >= 11 is 7.37. The van der Waals surface area contributed by atoms with Crippen molar-refractivity contribution in [2.45, 2.75) is 11.3 Å². The van der Waals surface area contributed by atoms with Crippen LogP contribution in [0.3, 0.4) is 0 Å². The summed E-state index contributed by atoms with van der Waals surface area (Å²) in [6, 6.07) is 9.88. The Bertz CT molecular complexity index is 1150. The number of carbonyl (C=O) groups excluding carboxylic acids is 1. The Labute approximate surface area is 196 Å². The van der Waals surface area contributed by atoms with E-state index in [0.717, 1.165) is 22.3 Å². The third-order valence-corrected chi connectivity index (χ3v) is 7.41. The Balaban J connectivity index is 0.00000341. The first-order valence-corrected chi connectivity index (χ1v) is 12.0. The number of thiazole rings is 1. The number of sulfone groups is 1. The van der Waals surface area contributed by atoms with E-state index >= 15 is 0 Å². The zero-order chi connectivity index (χ0) is 21.9. The Morgan fingerprint density at radius 2 is 1.81 bits per heavy atom. The normalized spacial score (nSPS) is 11.5. The van der Waals surface area contributed by atoms with Gasteiger partial charge in [-0.25, -0.2) is 17.8 Å². The minimum absolute atomic E-state index is 0. The zero-order valence-corrected chi connectivity index (χ0v) is 20.1. The van der Waals surface area contributed by atoms with Gasteiger partial charge in [0.15, 0.2) is 15.0 Å². The van der Waals surface area contributed by atoms with Gasteiger partial charge in [0.25, 0.3) is 0 Å². The lowest BCUT2D eigenvalue weighted by atomic mass is 10.3. The van der Waals surface area contributed by atoms with Gasteiger partial charge in [0, 0.05) is 24.5 Å². The van der Waals surface area contributed by atoms with Gasteiger partial charge in [-0.15, -0.1) is 12.4 Å². The van der Waals surface area contributed by atoms with Crippen molar-refractivity contribution in [3.63, 3.8) is 0 Å². The lowest BCUT2D eigenvalue weighted by Gasteiger charge is -2.22. The molecule has 0 aliphatic rings. The molecule has 3 rings (SSSR count). The molecule has 31 heavy (non-hydrogen) atoms. The standard InChI is InChI=1S/C20H21ClFN3O3S2.ClH/c1-24(2)10-11-25(20-23-17-8-3-14(21)13-18(17)29-20)19(26)9-12-30(27,28)16-6-4-15(22)5-7-16;/h3-8,13H,9-12H2,1-2H3;1H. The van der Waals surface area contributed by atoms with Crippen molar-refractivity contribution in [2.24, 2.45) is 0 Å². The maximum absolute atomic E-state index is 13.1. The van der Waals surface area contributed by atoms with Gasteiger partial charge in [0.2, 0.25) is 5.91 Å². The first kappa shape index (κ1) is 25.5. The van der Waals surface area contributed by atoms with Crippen LogP contribution in [0.15, 0.2) is 47.4 Å². The fourth-order valence-electron chi connectivity index (χ4n) is 2.75. The lowest BCUT2D eigenvalue weighted by Crippen LogP contribution is -2.37. The predicted octanol–water partition coefficient (Wildman–Crippen LogP) is 4.27. The SMILES string of the molecule is CN(C)CCN(C(=O)CCS(=O)(=O)c1ccc(F)cc1)c1nc2ccc(Cl)cc2s1.Cl. The number of carbonyl (C=O) groups is 1. The highest BCUT2D eigenvalue weighted by molar-refractivity contribution is 7.91. The summed E-state index contributed by atoms with van der Waals surface area (Å²) in [4.78, 5) is 20.9. The molecule has 168 valence electrons. The molecule has 0 atom stereocenters. The summed E-state index contributed by atoms with van der Waals surface area (Å²) in [6.07, 6.45) is -0.205. The molecule has 0 saturated heterocycles. The van der Waals surface area contributed by atoms with E-state index in [1.807, 2.05) is 19.0 Å². The highest BCUT2D eigenvalue weighted by Gasteiger charge is 2.23. The Morgan fingerprint density at radius 3 is 2.45 bits per heavy atom. The van der Waals surface area contributed by atoms with E-state index in [1.54, 1.807) is 18.2 Å². The summed E-state index contributed by atoms with van der Waals surface area (Å²) in [7, 11) is 0.0690. The summed E-state index contributed by atoms with van der Waals surface area (Å²) in [6.45, 7) is 0.961. The van der Waals surface area contributed by atoms with Crippen molar-refractivity contribution in [2.75, 3.05) is 37.8 Å². The summed E-state index contributed by atoms with van der Waals surface area (Å²) in [5.41, 5.74) is 0.723. The van der Waals surface area contributed by atoms with Crippen LogP contribution < -0.4 is 4.90 Å². The molecule has 0 aliphatic heterocycles. The van der Waals surface area contributed by atoms with Crippen molar-refractivity contribution in [3.05, 3.63) is 53.3 Å². The minimum atomic E-state index is -3.71. The topological polar surface area (TPSA) is 70.6 Å². The Kier molecular flexibility index (Phi) is 8.79. The first-order chi connectivity index (χ1) is 14.2. The molecular weight excluding hydrogens is 484 g/mol. The fourth-order valence-corrected chi connectivity index (χ4v) is 5.26. The molecule has 2 aromatic carbocycles. The largest absolute Gasteiger partial charge is 0.308 e. The molecule has 0 fully saturated rings. The maximum Gasteiger partial charge on any atom is 0.229 e. The number of amides is 1. The highest BCUT2D eigenvalue weighted by atomic mass is 35.5. The van der Waals surface area contributed by atoms with Crippen LogP contribution in [0, 0.1) is 5.82 Å². The summed E-state index contributed by atoms with van der Waals surface area (Å²) in [5, 5.41) is 1.08. The van der Waals surface area contributed by atoms with Crippen LogP contribution in [0.25, 0.3) is 10.2 Å². The second-order valence-electron chi connectivity index (χ2n) is 6.98. The van der Waals surface area contributed by atoms with Gasteiger partial charge < -0.3 is 4.90 Å². The zero-order valence-electron chi connectivity index (χ0n) is 16.9. The Hall–Kier alpha value is -1.78. The molecule has 3 aromatic rings. The van der Waals surface area contributed by atoms with Crippen molar-refractivity contribution in [1.29, 1.82) is 0 Å². The summed E-state index contributed by atoms with van der Waals surface area (Å²) in [5.74, 6) is -1.23. The highest BCUT2D eigenvalue weighted by Crippen LogP contribution is 2.31. The molecular formula is C20H22Cl2FN3O3S2. The van der Waals surface area contributed by atoms with E-state index in [9.17, 15) is 17.6 Å². The maximum atomic E-state index is 13.1. The monoisotopic (exact) mass is 505 g/mol. The number of halogens is 3. The molecule has 1 heterocycles. The number of benzene rings is 2. The molecule has 0 radical (unpaired) electrons. The van der Waals surface area contributed by atoms with Crippen LogP contribution in [-0.2, 0) is 14.6 Å². The number of hydrogen-bond donors (Lipinski definition) is 0. The molecule has 0 N–H and O–H groups in total. The average Bonchev–Trinajstić information content (AvgIpc) is 3.09. The Morgan fingerprint density at radius 1 is 1.13 bits per heavy atom. The van der Waals surface area contributed by atoms with E-state index in [-0.39, 0.29) is 35.4 Å². The third-order valence-electron chi connectivity index (χ3n) is 4.40. The van der Waals surface area contributed by atoms with Gasteiger partial charge >= 0.3 is 0 Å². The summed E-state index contributed by atoms with van der Waals surface area (Å²) < 4.78 is 39.0. The number of nitrogens with zero attached hydrogens (tertiary/aromatic N) is 3. The van der Waals surface area contributed by atoms with Gasteiger partial charge in [-0.1, -0.05) is 22.9 Å². The number of anilines is 1. The molecule has 1 aromatic heterocycles. The van der Waals surface area contributed by atoms with Crippen molar-refractivity contribution >= 4 is 66.4 Å². The number of rotatable bonds is 8. The molecule has 6 nitrogen and oxygen atoms in total. The molecule has 11 heteroatoms. The number of likely N-dealkylation sites (N-methyl/N-ethyl adjacent to an activating group) is 1. The van der Waals surface area contributed by atoms with E-state index in [1.165, 1.54) is 28.4 Å². The first-order valence-electron chi connectivity index (χ1n) is 9.15. The van der Waals surface area contributed by atoms with E-state index in [2.05, 4.69) is 4.98 Å². The number of fused-ring (bicyclic) bond motifs is 1. The quantitative estimate of drug-likeness (QED) is 0.427. The van der Waals surface area contributed by atoms with Crippen LogP contribution in [0.2, 0.25) is 5.02 Å². The van der Waals surface area contributed by atoms with E-state index < -0.39 is 15.7 Å². The second-order valence-corrected chi connectivity index (χ2v) is 10.5. The lowest BCUT2D eigenvalue weighted by molar-refractivity contribution is -0.118. The predicted molar refractivity (Wildman–Crippen MR) is 126 cm³/mol. The molecule has 0 aliphatic carbocycles. The smallest absolute Gasteiger partial charge is 0.229 e. The van der Waals surface area contributed by atoms with Crippen LogP contribution in [-0.4, -0.2) is 57.1 Å². The van der Waals surface area contributed by atoms with Crippen molar-refractivity contribution in [3.8, 4) is 0 Å². The van der Waals surface area contributed by atoms with E-state index in [4.69, 9.17) is 11.6 Å². The molecule has 0 saturated carbocycles.